The average molecular weight is 512 g/mol. The van der Waals surface area contributed by atoms with Crippen LogP contribution in [0.2, 0.25) is 0 Å². The summed E-state index contributed by atoms with van der Waals surface area (Å²) in [5.41, 5.74) is 0. The Morgan fingerprint density at radius 3 is 1.35 bits per heavy atom. The van der Waals surface area contributed by atoms with Gasteiger partial charge in [-0.05, 0) is 57.8 Å². The number of hydrogen-bond donors (Lipinski definition) is 0. The molecule has 0 aromatic rings. The lowest BCUT2D eigenvalue weighted by molar-refractivity contribution is -0.118. The second-order valence-electron chi connectivity index (χ2n) is 10.7. The monoisotopic (exact) mass is 511 g/mol. The van der Waals surface area contributed by atoms with Crippen molar-refractivity contribution in [2.45, 2.75) is 168 Å². The van der Waals surface area contributed by atoms with Crippen LogP contribution in [0.1, 0.15) is 168 Å². The summed E-state index contributed by atoms with van der Waals surface area (Å²) >= 11 is 0. The third-order valence-corrected chi connectivity index (χ3v) is 6.93. The molecular weight excluding hydrogens is 448 g/mol. The molecule has 0 rings (SSSR count). The molecule has 0 fully saturated rings. The van der Waals surface area contributed by atoms with Crippen LogP contribution in [0, 0.1) is 6.42 Å². The molecule has 1 radical (unpaired) electrons. The Morgan fingerprint density at radius 2 is 0.838 bits per heavy atom. The molecule has 0 heterocycles. The van der Waals surface area contributed by atoms with Gasteiger partial charge in [0.2, 0.25) is 0 Å². The summed E-state index contributed by atoms with van der Waals surface area (Å²) in [6.45, 7) is 4.53. The predicted octanol–water partition coefficient (Wildman–Crippen LogP) is 12.4. The highest BCUT2D eigenvalue weighted by molar-refractivity contribution is 5.79. The van der Waals surface area contributed by atoms with Gasteiger partial charge in [0.25, 0.3) is 0 Å². The summed E-state index contributed by atoms with van der Waals surface area (Å²) in [5.74, 6) is 0.426. The normalized spacial score (nSPS) is 12.3. The maximum atomic E-state index is 12.0. The predicted molar refractivity (Wildman–Crippen MR) is 168 cm³/mol. The van der Waals surface area contributed by atoms with Crippen LogP contribution in [-0.2, 0) is 4.79 Å². The van der Waals surface area contributed by atoms with Crippen molar-refractivity contribution in [1.82, 2.24) is 0 Å². The number of carbonyl (C=O) groups excluding carboxylic acids is 1. The first-order valence-electron chi connectivity index (χ1n) is 16.2. The van der Waals surface area contributed by atoms with E-state index in [0.29, 0.717) is 12.2 Å². The van der Waals surface area contributed by atoms with Gasteiger partial charge in [0.05, 0.1) is 0 Å². The lowest BCUT2D eigenvalue weighted by atomic mass is 10.0. The van der Waals surface area contributed by atoms with Gasteiger partial charge >= 0.3 is 0 Å². The minimum atomic E-state index is 0.426. The molecule has 0 bridgehead atoms. The van der Waals surface area contributed by atoms with E-state index >= 15 is 0 Å². The lowest BCUT2D eigenvalue weighted by Crippen LogP contribution is -1.98. The van der Waals surface area contributed by atoms with Crippen molar-refractivity contribution in [2.24, 2.45) is 0 Å². The van der Waals surface area contributed by atoms with E-state index in [0.717, 1.165) is 44.9 Å². The molecular formula is C36H63O. The van der Waals surface area contributed by atoms with Crippen LogP contribution < -0.4 is 0 Å². The minimum absolute atomic E-state index is 0.426. The van der Waals surface area contributed by atoms with Crippen molar-refractivity contribution in [3.63, 3.8) is 0 Å². The SMILES string of the molecule is CCCCC/C=C\C/C=C\C/C=C\C/C=C\CC[CH]CC(=O)CCCCCCCCCCCCCCC. The van der Waals surface area contributed by atoms with E-state index in [4.69, 9.17) is 0 Å². The van der Waals surface area contributed by atoms with Crippen molar-refractivity contribution in [3.05, 3.63) is 55.0 Å². The number of allylic oxidation sites excluding steroid dienone is 8. The standard InChI is InChI=1S/C36H63O/c1-3-5-7-9-11-13-15-17-18-19-20-21-23-25-27-29-31-33-35-36(37)34-32-30-28-26-24-22-16-14-12-10-8-6-4-2/h11,13,17-18,20-21,25,27,33H,3-10,12,14-16,19,22-24,26,28-32,34-35H2,1-2H3/b13-11-,18-17-,21-20-,27-25-. The summed E-state index contributed by atoms with van der Waals surface area (Å²) in [6.07, 6.45) is 49.7. The molecule has 1 heteroatoms. The molecule has 1 nitrogen and oxygen atoms in total. The van der Waals surface area contributed by atoms with Gasteiger partial charge in [0.15, 0.2) is 0 Å². The third kappa shape index (κ3) is 32.6. The lowest BCUT2D eigenvalue weighted by Gasteiger charge is -2.03. The van der Waals surface area contributed by atoms with E-state index in [1.165, 1.54) is 103 Å². The van der Waals surface area contributed by atoms with Crippen LogP contribution in [0.3, 0.4) is 0 Å². The second kappa shape index (κ2) is 32.7. The molecule has 0 unspecified atom stereocenters. The summed E-state index contributed by atoms with van der Waals surface area (Å²) in [4.78, 5) is 12.0. The Bertz CT molecular complexity index is 565. The molecule has 0 amide bonds. The van der Waals surface area contributed by atoms with Gasteiger partial charge in [0.1, 0.15) is 5.78 Å². The molecule has 0 saturated heterocycles. The maximum Gasteiger partial charge on any atom is 0.133 e. The van der Waals surface area contributed by atoms with Gasteiger partial charge in [-0.25, -0.2) is 0 Å². The van der Waals surface area contributed by atoms with E-state index in [1.807, 2.05) is 0 Å². The fourth-order valence-corrected chi connectivity index (χ4v) is 4.48. The topological polar surface area (TPSA) is 17.1 Å². The quantitative estimate of drug-likeness (QED) is 0.0720. The molecule has 0 aliphatic rings. The number of Topliss-reactive ketones (excluding diaryl/α,β-unsaturated/α-hetero) is 1. The summed E-state index contributed by atoms with van der Waals surface area (Å²) in [6, 6.07) is 0. The largest absolute Gasteiger partial charge is 0.300 e. The highest BCUT2D eigenvalue weighted by Crippen LogP contribution is 2.13. The zero-order valence-corrected chi connectivity index (χ0v) is 25.1. The Kier molecular flexibility index (Phi) is 31.4. The third-order valence-electron chi connectivity index (χ3n) is 6.93. The first-order valence-corrected chi connectivity index (χ1v) is 16.2. The summed E-state index contributed by atoms with van der Waals surface area (Å²) in [5, 5.41) is 0. The van der Waals surface area contributed by atoms with Crippen LogP contribution in [0.5, 0.6) is 0 Å². The molecule has 0 aliphatic heterocycles. The van der Waals surface area contributed by atoms with Gasteiger partial charge in [-0.2, -0.15) is 0 Å². The fourth-order valence-electron chi connectivity index (χ4n) is 4.48. The molecule has 0 atom stereocenters. The van der Waals surface area contributed by atoms with Gasteiger partial charge < -0.3 is 0 Å². The van der Waals surface area contributed by atoms with Gasteiger partial charge in [-0.3, -0.25) is 4.79 Å². The van der Waals surface area contributed by atoms with Crippen molar-refractivity contribution in [1.29, 1.82) is 0 Å². The molecule has 0 aromatic carbocycles. The number of hydrogen-bond acceptors (Lipinski definition) is 1. The van der Waals surface area contributed by atoms with E-state index in [1.54, 1.807) is 0 Å². The van der Waals surface area contributed by atoms with Crippen molar-refractivity contribution in [2.75, 3.05) is 0 Å². The molecule has 37 heavy (non-hydrogen) atoms. The Morgan fingerprint density at radius 1 is 0.432 bits per heavy atom. The number of unbranched alkanes of at least 4 members (excludes halogenated alkanes) is 17. The molecule has 213 valence electrons. The molecule has 0 saturated carbocycles. The summed E-state index contributed by atoms with van der Waals surface area (Å²) < 4.78 is 0. The van der Waals surface area contributed by atoms with Gasteiger partial charge in [-0.1, -0.05) is 152 Å². The fraction of sp³-hybridized carbons (Fsp3) is 0.722. The molecule has 0 N–H and O–H groups in total. The summed E-state index contributed by atoms with van der Waals surface area (Å²) in [7, 11) is 0. The van der Waals surface area contributed by atoms with Crippen LogP contribution in [0.15, 0.2) is 48.6 Å². The maximum absolute atomic E-state index is 12.0. The van der Waals surface area contributed by atoms with Crippen LogP contribution in [0.4, 0.5) is 0 Å². The number of ketones is 1. The second-order valence-corrected chi connectivity index (χ2v) is 10.7. The number of carbonyl (C=O) groups is 1. The molecule has 0 spiro atoms. The van der Waals surface area contributed by atoms with E-state index in [2.05, 4.69) is 68.9 Å². The smallest absolute Gasteiger partial charge is 0.133 e. The Labute approximate surface area is 233 Å². The van der Waals surface area contributed by atoms with Crippen LogP contribution in [-0.4, -0.2) is 5.78 Å². The van der Waals surface area contributed by atoms with Crippen molar-refractivity contribution < 1.29 is 4.79 Å². The van der Waals surface area contributed by atoms with E-state index in [-0.39, 0.29) is 0 Å². The highest BCUT2D eigenvalue weighted by Gasteiger charge is 2.01. The van der Waals surface area contributed by atoms with E-state index in [9.17, 15) is 4.79 Å². The first kappa shape index (κ1) is 35.6. The van der Waals surface area contributed by atoms with Gasteiger partial charge in [-0.15, -0.1) is 0 Å². The van der Waals surface area contributed by atoms with E-state index < -0.39 is 0 Å². The Hall–Kier alpha value is -1.37. The zero-order valence-electron chi connectivity index (χ0n) is 25.1. The van der Waals surface area contributed by atoms with Crippen LogP contribution >= 0.6 is 0 Å². The number of rotatable bonds is 29. The van der Waals surface area contributed by atoms with Crippen molar-refractivity contribution in [3.8, 4) is 0 Å². The first-order chi connectivity index (χ1) is 18.3. The Balaban J connectivity index is 3.36. The molecule has 0 aliphatic carbocycles. The van der Waals surface area contributed by atoms with Gasteiger partial charge in [0, 0.05) is 12.8 Å². The average Bonchev–Trinajstić information content (AvgIpc) is 2.90. The van der Waals surface area contributed by atoms with Crippen LogP contribution in [0.25, 0.3) is 0 Å². The minimum Gasteiger partial charge on any atom is -0.300 e. The molecule has 0 aromatic heterocycles. The van der Waals surface area contributed by atoms with Crippen molar-refractivity contribution >= 4 is 5.78 Å². The zero-order chi connectivity index (χ0) is 26.9. The highest BCUT2D eigenvalue weighted by atomic mass is 16.1.